The molecule has 5 rings (SSSR count). The van der Waals surface area contributed by atoms with E-state index in [4.69, 9.17) is 9.47 Å². The Hall–Kier alpha value is -4.14. The second-order valence-corrected chi connectivity index (χ2v) is 9.02. The van der Waals surface area contributed by atoms with E-state index in [0.717, 1.165) is 40.7 Å². The van der Waals surface area contributed by atoms with Crippen LogP contribution in [0, 0.1) is 6.92 Å². The lowest BCUT2D eigenvalue weighted by Crippen LogP contribution is -2.35. The van der Waals surface area contributed by atoms with Gasteiger partial charge in [-0.3, -0.25) is 9.59 Å². The van der Waals surface area contributed by atoms with Crippen LogP contribution in [0.5, 0.6) is 11.5 Å². The Morgan fingerprint density at radius 3 is 2.61 bits per heavy atom. The van der Waals surface area contributed by atoms with Gasteiger partial charge in [0.1, 0.15) is 12.1 Å². The van der Waals surface area contributed by atoms with E-state index in [2.05, 4.69) is 15.5 Å². The van der Waals surface area contributed by atoms with E-state index in [1.807, 2.05) is 49.4 Å². The molecule has 1 aliphatic rings. The molecule has 186 valence electrons. The Kier molecular flexibility index (Phi) is 6.45. The maximum atomic E-state index is 13.5. The molecule has 1 saturated carbocycles. The first-order chi connectivity index (χ1) is 17.5. The summed E-state index contributed by atoms with van der Waals surface area (Å²) in [6, 6.07) is 13.4. The van der Waals surface area contributed by atoms with Crippen LogP contribution in [0.3, 0.4) is 0 Å². The Bertz CT molecular complexity index is 1490. The van der Waals surface area contributed by atoms with Gasteiger partial charge in [0.05, 0.1) is 31.8 Å². The zero-order chi connectivity index (χ0) is 25.2. The number of aromatic nitrogens is 4. The fourth-order valence-corrected chi connectivity index (χ4v) is 4.42. The van der Waals surface area contributed by atoms with E-state index in [1.165, 1.54) is 4.68 Å². The van der Waals surface area contributed by atoms with Crippen molar-refractivity contribution < 1.29 is 14.3 Å². The smallest absolute Gasteiger partial charge is 0.293 e. The molecule has 1 fully saturated rings. The molecule has 0 saturated heterocycles. The van der Waals surface area contributed by atoms with Gasteiger partial charge >= 0.3 is 0 Å². The Labute approximate surface area is 208 Å². The highest BCUT2D eigenvalue weighted by atomic mass is 16.5. The Morgan fingerprint density at radius 1 is 1.11 bits per heavy atom. The average Bonchev–Trinajstić information content (AvgIpc) is 3.64. The average molecular weight is 488 g/mol. The standard InChI is InChI=1S/C27H29N5O4/c1-17-6-4-5-7-21(17)32-26-20(15-29-32)25(19-9-10-19)30-31(27(26)34)16-24(33)28-13-12-18-8-11-22(35-2)23(14-18)36-3/h4-8,11,14-15,19H,9-10,12-13,16H2,1-3H3,(H,28,33). The molecule has 1 aliphatic carbocycles. The molecule has 0 atom stereocenters. The Morgan fingerprint density at radius 2 is 1.89 bits per heavy atom. The number of aryl methyl sites for hydroxylation is 1. The highest BCUT2D eigenvalue weighted by Crippen LogP contribution is 2.41. The van der Waals surface area contributed by atoms with Crippen LogP contribution in [-0.2, 0) is 17.8 Å². The molecule has 9 heteroatoms. The molecular weight excluding hydrogens is 458 g/mol. The number of hydrogen-bond acceptors (Lipinski definition) is 6. The first kappa shape index (κ1) is 23.6. The molecule has 2 aromatic carbocycles. The van der Waals surface area contributed by atoms with Gasteiger partial charge in [-0.05, 0) is 55.5 Å². The maximum Gasteiger partial charge on any atom is 0.293 e. The normalized spacial score (nSPS) is 13.1. The number of nitrogens with one attached hydrogen (secondary N) is 1. The summed E-state index contributed by atoms with van der Waals surface area (Å²) in [6.45, 7) is 2.25. The molecule has 1 amide bonds. The summed E-state index contributed by atoms with van der Waals surface area (Å²) in [5, 5.41) is 12.8. The van der Waals surface area contributed by atoms with Gasteiger partial charge in [-0.2, -0.15) is 10.2 Å². The largest absolute Gasteiger partial charge is 0.493 e. The summed E-state index contributed by atoms with van der Waals surface area (Å²) in [7, 11) is 3.18. The van der Waals surface area contributed by atoms with Crippen LogP contribution in [0.25, 0.3) is 16.6 Å². The van der Waals surface area contributed by atoms with Crippen molar-refractivity contribution >= 4 is 16.8 Å². The molecule has 0 bridgehead atoms. The minimum atomic E-state index is -0.329. The molecule has 0 aliphatic heterocycles. The van der Waals surface area contributed by atoms with Crippen LogP contribution in [0.2, 0.25) is 0 Å². The number of methoxy groups -OCH3 is 2. The van der Waals surface area contributed by atoms with E-state index in [9.17, 15) is 9.59 Å². The van der Waals surface area contributed by atoms with Crippen LogP contribution in [0.1, 0.15) is 35.6 Å². The zero-order valence-corrected chi connectivity index (χ0v) is 20.7. The fraction of sp³-hybridized carbons (Fsp3) is 0.333. The number of para-hydroxylation sites is 1. The zero-order valence-electron chi connectivity index (χ0n) is 20.7. The lowest BCUT2D eigenvalue weighted by molar-refractivity contribution is -0.121. The number of benzene rings is 2. The van der Waals surface area contributed by atoms with Gasteiger partial charge in [0.25, 0.3) is 5.56 Å². The van der Waals surface area contributed by atoms with Crippen LogP contribution in [0.15, 0.2) is 53.5 Å². The van der Waals surface area contributed by atoms with Crippen molar-refractivity contribution in [3.8, 4) is 17.2 Å². The van der Waals surface area contributed by atoms with Crippen LogP contribution >= 0.6 is 0 Å². The number of hydrogen-bond donors (Lipinski definition) is 1. The van der Waals surface area contributed by atoms with Gasteiger partial charge in [0.2, 0.25) is 5.91 Å². The first-order valence-corrected chi connectivity index (χ1v) is 12.0. The lowest BCUT2D eigenvalue weighted by Gasteiger charge is -2.12. The molecule has 2 aromatic heterocycles. The summed E-state index contributed by atoms with van der Waals surface area (Å²) in [4.78, 5) is 26.3. The van der Waals surface area contributed by atoms with Crippen molar-refractivity contribution in [2.75, 3.05) is 20.8 Å². The van der Waals surface area contributed by atoms with Crippen LogP contribution in [-0.4, -0.2) is 46.2 Å². The second kappa shape index (κ2) is 9.85. The monoisotopic (exact) mass is 487 g/mol. The van der Waals surface area contributed by atoms with Crippen LogP contribution < -0.4 is 20.3 Å². The van der Waals surface area contributed by atoms with Crippen molar-refractivity contribution in [1.82, 2.24) is 24.9 Å². The van der Waals surface area contributed by atoms with Crippen molar-refractivity contribution in [2.45, 2.75) is 38.6 Å². The predicted octanol–water partition coefficient (Wildman–Crippen LogP) is 3.14. The summed E-state index contributed by atoms with van der Waals surface area (Å²) in [5.74, 6) is 1.32. The van der Waals surface area contributed by atoms with Crippen molar-refractivity contribution in [2.24, 2.45) is 0 Å². The lowest BCUT2D eigenvalue weighted by atomic mass is 10.1. The van der Waals surface area contributed by atoms with E-state index in [-0.39, 0.29) is 18.0 Å². The van der Waals surface area contributed by atoms with E-state index < -0.39 is 0 Å². The third-order valence-electron chi connectivity index (χ3n) is 6.50. The van der Waals surface area contributed by atoms with E-state index >= 15 is 0 Å². The van der Waals surface area contributed by atoms with Gasteiger partial charge in [0.15, 0.2) is 11.5 Å². The molecule has 4 aromatic rings. The van der Waals surface area contributed by atoms with Crippen molar-refractivity contribution in [1.29, 1.82) is 0 Å². The molecule has 0 spiro atoms. The summed E-state index contributed by atoms with van der Waals surface area (Å²) in [5.41, 5.74) is 3.81. The summed E-state index contributed by atoms with van der Waals surface area (Å²) in [6.07, 6.45) is 4.37. The van der Waals surface area contributed by atoms with E-state index in [0.29, 0.717) is 35.9 Å². The molecule has 9 nitrogen and oxygen atoms in total. The van der Waals surface area contributed by atoms with Crippen molar-refractivity contribution in [3.05, 3.63) is 75.8 Å². The van der Waals surface area contributed by atoms with Gasteiger partial charge in [0, 0.05) is 17.8 Å². The fourth-order valence-electron chi connectivity index (χ4n) is 4.42. The highest BCUT2D eigenvalue weighted by Gasteiger charge is 2.30. The Balaban J connectivity index is 1.37. The predicted molar refractivity (Wildman–Crippen MR) is 136 cm³/mol. The van der Waals surface area contributed by atoms with E-state index in [1.54, 1.807) is 25.1 Å². The first-order valence-electron chi connectivity index (χ1n) is 12.0. The number of fused-ring (bicyclic) bond motifs is 1. The van der Waals surface area contributed by atoms with Crippen molar-refractivity contribution in [3.63, 3.8) is 0 Å². The van der Waals surface area contributed by atoms with Gasteiger partial charge in [-0.1, -0.05) is 24.3 Å². The topological polar surface area (TPSA) is 100 Å². The minimum Gasteiger partial charge on any atom is -0.493 e. The molecular formula is C27H29N5O4. The van der Waals surface area contributed by atoms with Gasteiger partial charge in [-0.25, -0.2) is 9.36 Å². The molecule has 1 N–H and O–H groups in total. The number of carbonyl (C=O) groups is 1. The third-order valence-corrected chi connectivity index (χ3v) is 6.50. The minimum absolute atomic E-state index is 0.153. The number of ether oxygens (including phenoxy) is 2. The second-order valence-electron chi connectivity index (χ2n) is 9.02. The third kappa shape index (κ3) is 4.56. The summed E-state index contributed by atoms with van der Waals surface area (Å²) < 4.78 is 13.6. The van der Waals surface area contributed by atoms with Gasteiger partial charge in [-0.15, -0.1) is 0 Å². The molecule has 0 unspecified atom stereocenters. The SMILES string of the molecule is COc1ccc(CCNC(=O)Cn2nc(C3CC3)c3cnn(-c4ccccc4C)c3c2=O)cc1OC. The molecule has 0 radical (unpaired) electrons. The number of carbonyl (C=O) groups excluding carboxylic acids is 1. The highest BCUT2D eigenvalue weighted by molar-refractivity contribution is 5.83. The summed E-state index contributed by atoms with van der Waals surface area (Å²) >= 11 is 0. The number of nitrogens with zero attached hydrogens (tertiary/aromatic N) is 4. The number of amides is 1. The quantitative estimate of drug-likeness (QED) is 0.389. The number of rotatable bonds is 9. The van der Waals surface area contributed by atoms with Gasteiger partial charge < -0.3 is 14.8 Å². The maximum absolute atomic E-state index is 13.5. The molecule has 36 heavy (non-hydrogen) atoms. The molecule has 2 heterocycles. The van der Waals surface area contributed by atoms with Crippen LogP contribution in [0.4, 0.5) is 0 Å².